The number of piperidine rings is 1. The second kappa shape index (κ2) is 6.63. The number of hydrogen-bond donors (Lipinski definition) is 1. The highest BCUT2D eigenvalue weighted by atomic mass is 16.5. The minimum absolute atomic E-state index is 0.0243. The fraction of sp³-hybridized carbons (Fsp3) is 0.611. The van der Waals surface area contributed by atoms with Gasteiger partial charge in [-0.1, -0.05) is 0 Å². The summed E-state index contributed by atoms with van der Waals surface area (Å²) in [4.78, 5) is 33.4. The van der Waals surface area contributed by atoms with Crippen molar-refractivity contribution >= 4 is 17.6 Å². The van der Waals surface area contributed by atoms with Crippen molar-refractivity contribution in [1.82, 2.24) is 15.2 Å². The van der Waals surface area contributed by atoms with Crippen LogP contribution in [0.4, 0.5) is 5.82 Å². The Hall–Kier alpha value is -2.15. The first-order valence-electron chi connectivity index (χ1n) is 9.04. The standard InChI is InChI=1S/C18H24N4O3/c23-16(21-8-10-25-11-9-21)14-2-6-19-15(12-14)22-7-4-18(13-22)3-1-5-20-17(18)24/h2,6,12H,1,3-5,7-11,13H2,(H,20,24)/t18-/m1/s1. The summed E-state index contributed by atoms with van der Waals surface area (Å²) >= 11 is 0. The molecule has 1 atom stereocenters. The minimum Gasteiger partial charge on any atom is -0.378 e. The Morgan fingerprint density at radius 1 is 1.24 bits per heavy atom. The van der Waals surface area contributed by atoms with E-state index in [1.54, 1.807) is 12.3 Å². The number of rotatable bonds is 2. The predicted octanol–water partition coefficient (Wildman–Crippen LogP) is 0.660. The number of ether oxygens (including phenoxy) is 1. The van der Waals surface area contributed by atoms with Crippen molar-refractivity contribution in [3.05, 3.63) is 23.9 Å². The summed E-state index contributed by atoms with van der Waals surface area (Å²) < 4.78 is 5.31. The first-order chi connectivity index (χ1) is 12.2. The summed E-state index contributed by atoms with van der Waals surface area (Å²) in [5.74, 6) is 0.979. The van der Waals surface area contributed by atoms with Crippen LogP contribution in [0.25, 0.3) is 0 Å². The summed E-state index contributed by atoms with van der Waals surface area (Å²) in [5, 5.41) is 3.00. The van der Waals surface area contributed by atoms with Gasteiger partial charge in [-0.2, -0.15) is 0 Å². The highest BCUT2D eigenvalue weighted by Crippen LogP contribution is 2.38. The van der Waals surface area contributed by atoms with Crippen LogP contribution < -0.4 is 10.2 Å². The predicted molar refractivity (Wildman–Crippen MR) is 92.5 cm³/mol. The van der Waals surface area contributed by atoms with Gasteiger partial charge >= 0.3 is 0 Å². The van der Waals surface area contributed by atoms with Gasteiger partial charge in [-0.15, -0.1) is 0 Å². The van der Waals surface area contributed by atoms with Crippen LogP contribution in [0.2, 0.25) is 0 Å². The van der Waals surface area contributed by atoms with Gasteiger partial charge < -0.3 is 19.9 Å². The van der Waals surface area contributed by atoms with Gasteiger partial charge in [-0.3, -0.25) is 9.59 Å². The topological polar surface area (TPSA) is 74.8 Å². The van der Waals surface area contributed by atoms with Crippen molar-refractivity contribution in [3.63, 3.8) is 0 Å². The van der Waals surface area contributed by atoms with Crippen LogP contribution in [0, 0.1) is 5.41 Å². The number of nitrogens with one attached hydrogen (secondary N) is 1. The lowest BCUT2D eigenvalue weighted by molar-refractivity contribution is -0.132. The molecule has 3 aliphatic heterocycles. The van der Waals surface area contributed by atoms with E-state index in [2.05, 4.69) is 15.2 Å². The van der Waals surface area contributed by atoms with Crippen LogP contribution in [0.5, 0.6) is 0 Å². The highest BCUT2D eigenvalue weighted by Gasteiger charge is 2.46. The molecule has 25 heavy (non-hydrogen) atoms. The molecule has 0 bridgehead atoms. The number of aromatic nitrogens is 1. The van der Waals surface area contributed by atoms with Gasteiger partial charge in [-0.05, 0) is 31.4 Å². The van der Waals surface area contributed by atoms with Crippen LogP contribution in [-0.4, -0.2) is 67.6 Å². The average molecular weight is 344 g/mol. The molecule has 4 heterocycles. The number of amides is 2. The molecule has 1 aromatic rings. The Morgan fingerprint density at radius 3 is 2.88 bits per heavy atom. The van der Waals surface area contributed by atoms with Crippen molar-refractivity contribution in [2.24, 2.45) is 5.41 Å². The SMILES string of the molecule is O=C(c1ccnc(N2CC[C@]3(CCCNC3=O)C2)c1)N1CCOCC1. The maximum atomic E-state index is 12.7. The van der Waals surface area contributed by atoms with E-state index in [0.717, 1.165) is 38.2 Å². The molecule has 3 saturated heterocycles. The van der Waals surface area contributed by atoms with Gasteiger partial charge in [0.2, 0.25) is 5.91 Å². The third-order valence-corrected chi connectivity index (χ3v) is 5.57. The Labute approximate surface area is 147 Å². The second-order valence-electron chi connectivity index (χ2n) is 7.12. The third kappa shape index (κ3) is 3.08. The van der Waals surface area contributed by atoms with Gasteiger partial charge in [0.05, 0.1) is 18.6 Å². The van der Waals surface area contributed by atoms with E-state index in [0.29, 0.717) is 38.4 Å². The summed E-state index contributed by atoms with van der Waals surface area (Å²) in [6.07, 6.45) is 4.50. The first kappa shape index (κ1) is 16.3. The lowest BCUT2D eigenvalue weighted by atomic mass is 9.79. The molecule has 7 heteroatoms. The van der Waals surface area contributed by atoms with Crippen LogP contribution >= 0.6 is 0 Å². The Balaban J connectivity index is 1.50. The smallest absolute Gasteiger partial charge is 0.254 e. The van der Waals surface area contributed by atoms with E-state index < -0.39 is 0 Å². The van der Waals surface area contributed by atoms with Crippen molar-refractivity contribution in [1.29, 1.82) is 0 Å². The van der Waals surface area contributed by atoms with Crippen molar-refractivity contribution in [2.45, 2.75) is 19.3 Å². The summed E-state index contributed by atoms with van der Waals surface area (Å²) in [6, 6.07) is 3.62. The molecule has 3 fully saturated rings. The zero-order valence-corrected chi connectivity index (χ0v) is 14.4. The molecule has 2 amide bonds. The molecule has 0 radical (unpaired) electrons. The molecule has 4 rings (SSSR count). The fourth-order valence-corrected chi connectivity index (χ4v) is 4.06. The third-order valence-electron chi connectivity index (χ3n) is 5.57. The normalized spacial score (nSPS) is 26.8. The van der Waals surface area contributed by atoms with Crippen LogP contribution in [-0.2, 0) is 9.53 Å². The van der Waals surface area contributed by atoms with Gasteiger partial charge in [0.25, 0.3) is 5.91 Å². The quantitative estimate of drug-likeness (QED) is 0.853. The second-order valence-corrected chi connectivity index (χ2v) is 7.12. The molecule has 0 aromatic carbocycles. The summed E-state index contributed by atoms with van der Waals surface area (Å²) in [7, 11) is 0. The van der Waals surface area contributed by atoms with E-state index >= 15 is 0 Å². The maximum absolute atomic E-state index is 12.7. The minimum atomic E-state index is -0.288. The number of pyridine rings is 1. The van der Waals surface area contributed by atoms with Gasteiger partial charge in [-0.25, -0.2) is 4.98 Å². The molecule has 1 aromatic heterocycles. The van der Waals surface area contributed by atoms with Gasteiger partial charge in [0, 0.05) is 44.5 Å². The van der Waals surface area contributed by atoms with Crippen molar-refractivity contribution < 1.29 is 14.3 Å². The van der Waals surface area contributed by atoms with Crippen LogP contribution in [0.15, 0.2) is 18.3 Å². The average Bonchev–Trinajstić information content (AvgIpc) is 3.10. The zero-order valence-electron chi connectivity index (χ0n) is 14.4. The van der Waals surface area contributed by atoms with Gasteiger partial charge in [0.1, 0.15) is 5.82 Å². The molecular weight excluding hydrogens is 320 g/mol. The Bertz CT molecular complexity index is 674. The van der Waals surface area contributed by atoms with E-state index in [4.69, 9.17) is 4.74 Å². The monoisotopic (exact) mass is 344 g/mol. The van der Waals surface area contributed by atoms with Crippen molar-refractivity contribution in [2.75, 3.05) is 50.8 Å². The molecule has 1 N–H and O–H groups in total. The molecule has 7 nitrogen and oxygen atoms in total. The zero-order chi connectivity index (χ0) is 17.3. The van der Waals surface area contributed by atoms with E-state index in [1.807, 2.05) is 11.0 Å². The van der Waals surface area contributed by atoms with Crippen LogP contribution in [0.3, 0.4) is 0 Å². The van der Waals surface area contributed by atoms with Crippen LogP contribution in [0.1, 0.15) is 29.6 Å². The number of anilines is 1. The molecule has 1 spiro atoms. The molecule has 3 aliphatic rings. The van der Waals surface area contributed by atoms with E-state index in [-0.39, 0.29) is 17.2 Å². The number of morpholine rings is 1. The fourth-order valence-electron chi connectivity index (χ4n) is 4.06. The number of carbonyl (C=O) groups is 2. The maximum Gasteiger partial charge on any atom is 0.254 e. The number of hydrogen-bond acceptors (Lipinski definition) is 5. The highest BCUT2D eigenvalue weighted by molar-refractivity contribution is 5.95. The Kier molecular flexibility index (Phi) is 4.33. The number of carbonyl (C=O) groups excluding carboxylic acids is 2. The Morgan fingerprint density at radius 2 is 2.08 bits per heavy atom. The lowest BCUT2D eigenvalue weighted by Gasteiger charge is -2.32. The molecule has 0 saturated carbocycles. The first-order valence-corrected chi connectivity index (χ1v) is 9.04. The number of nitrogens with zero attached hydrogens (tertiary/aromatic N) is 3. The van der Waals surface area contributed by atoms with E-state index in [1.165, 1.54) is 0 Å². The summed E-state index contributed by atoms with van der Waals surface area (Å²) in [5.41, 5.74) is 0.366. The van der Waals surface area contributed by atoms with Gasteiger partial charge in [0.15, 0.2) is 0 Å². The molecular formula is C18H24N4O3. The molecule has 0 unspecified atom stereocenters. The lowest BCUT2D eigenvalue weighted by Crippen LogP contribution is -2.47. The summed E-state index contributed by atoms with van der Waals surface area (Å²) in [6.45, 7) is 4.70. The van der Waals surface area contributed by atoms with E-state index in [9.17, 15) is 9.59 Å². The van der Waals surface area contributed by atoms with Crippen molar-refractivity contribution in [3.8, 4) is 0 Å². The molecule has 0 aliphatic carbocycles. The largest absolute Gasteiger partial charge is 0.378 e. The molecule has 134 valence electrons.